The SMILES string of the molecule is Cc1cccc(N2CCN(S(=O)(=O)c3ccc(OC(C)(C)C(=O)O)c(C)c3)CC2C)c1. The molecule has 1 atom stereocenters. The molecule has 1 fully saturated rings. The number of anilines is 1. The van der Waals surface area contributed by atoms with Crippen molar-refractivity contribution in [1.82, 2.24) is 4.31 Å². The second-order valence-electron chi connectivity index (χ2n) is 8.59. The van der Waals surface area contributed by atoms with E-state index in [1.165, 1.54) is 35.8 Å². The van der Waals surface area contributed by atoms with Gasteiger partial charge in [-0.3, -0.25) is 0 Å². The first-order valence-corrected chi connectivity index (χ1v) is 11.7. The number of carbonyl (C=O) groups is 1. The summed E-state index contributed by atoms with van der Waals surface area (Å²) < 4.78 is 33.6. The molecule has 0 bridgehead atoms. The van der Waals surface area contributed by atoms with Gasteiger partial charge in [0.15, 0.2) is 5.60 Å². The lowest BCUT2D eigenvalue weighted by Crippen LogP contribution is -2.53. The van der Waals surface area contributed by atoms with Crippen molar-refractivity contribution in [1.29, 1.82) is 0 Å². The molecule has 0 radical (unpaired) electrons. The summed E-state index contributed by atoms with van der Waals surface area (Å²) >= 11 is 0. The number of piperazine rings is 1. The van der Waals surface area contributed by atoms with Crippen molar-refractivity contribution < 1.29 is 23.1 Å². The topological polar surface area (TPSA) is 87.2 Å². The molecule has 1 unspecified atom stereocenters. The first-order valence-electron chi connectivity index (χ1n) is 10.3. The van der Waals surface area contributed by atoms with Crippen LogP contribution in [0.25, 0.3) is 0 Å². The Morgan fingerprint density at radius 2 is 1.84 bits per heavy atom. The third-order valence-electron chi connectivity index (χ3n) is 5.59. The van der Waals surface area contributed by atoms with Crippen LogP contribution in [0.2, 0.25) is 0 Å². The minimum atomic E-state index is -3.67. The van der Waals surface area contributed by atoms with E-state index >= 15 is 0 Å². The maximum atomic E-state index is 13.3. The number of aryl methyl sites for hydroxylation is 2. The Bertz CT molecular complexity index is 1080. The fraction of sp³-hybridized carbons (Fsp3) is 0.435. The van der Waals surface area contributed by atoms with Crippen LogP contribution in [0.5, 0.6) is 5.75 Å². The number of ether oxygens (including phenoxy) is 1. The van der Waals surface area contributed by atoms with Gasteiger partial charge in [0.2, 0.25) is 10.0 Å². The van der Waals surface area contributed by atoms with Crippen LogP contribution in [0.15, 0.2) is 47.4 Å². The number of carboxylic acids is 1. The largest absolute Gasteiger partial charge is 0.478 e. The van der Waals surface area contributed by atoms with E-state index in [2.05, 4.69) is 11.0 Å². The standard InChI is InChI=1S/C23H30N2O5S/c1-16-7-6-8-19(13-16)25-12-11-24(15-18(25)3)31(28,29)20-9-10-21(17(2)14-20)30-23(4,5)22(26)27/h6-10,13-14,18H,11-12,15H2,1-5H3,(H,26,27). The third-order valence-corrected chi connectivity index (χ3v) is 7.45. The Morgan fingerprint density at radius 1 is 1.13 bits per heavy atom. The average molecular weight is 447 g/mol. The van der Waals surface area contributed by atoms with Crippen molar-refractivity contribution in [2.75, 3.05) is 24.5 Å². The molecular formula is C23H30N2O5S. The van der Waals surface area contributed by atoms with E-state index < -0.39 is 21.6 Å². The van der Waals surface area contributed by atoms with Crippen LogP contribution in [0.3, 0.4) is 0 Å². The zero-order valence-corrected chi connectivity index (χ0v) is 19.4. The first-order chi connectivity index (χ1) is 14.4. The third kappa shape index (κ3) is 4.85. The fourth-order valence-electron chi connectivity index (χ4n) is 3.70. The lowest BCUT2D eigenvalue weighted by molar-refractivity contribution is -0.152. The van der Waals surface area contributed by atoms with Gasteiger partial charge in [0.1, 0.15) is 5.75 Å². The number of sulfonamides is 1. The minimum Gasteiger partial charge on any atom is -0.478 e. The molecule has 168 valence electrons. The summed E-state index contributed by atoms with van der Waals surface area (Å²) in [6, 6.07) is 12.8. The van der Waals surface area contributed by atoms with Gasteiger partial charge in [-0.15, -0.1) is 0 Å². The molecule has 0 saturated carbocycles. The molecule has 1 heterocycles. The van der Waals surface area contributed by atoms with Crippen molar-refractivity contribution >= 4 is 21.7 Å². The van der Waals surface area contributed by atoms with E-state index in [0.717, 1.165) is 5.69 Å². The summed E-state index contributed by atoms with van der Waals surface area (Å²) in [6.07, 6.45) is 0. The number of hydrogen-bond acceptors (Lipinski definition) is 5. The Labute approximate surface area is 184 Å². The van der Waals surface area contributed by atoms with Gasteiger partial charge in [0, 0.05) is 31.4 Å². The van der Waals surface area contributed by atoms with Crippen molar-refractivity contribution in [2.24, 2.45) is 0 Å². The van der Waals surface area contributed by atoms with Crippen LogP contribution in [-0.4, -0.2) is 55.1 Å². The molecule has 3 rings (SSSR count). The minimum absolute atomic E-state index is 0.0328. The Balaban J connectivity index is 1.78. The summed E-state index contributed by atoms with van der Waals surface area (Å²) in [7, 11) is -3.67. The number of carboxylic acid groups (broad SMARTS) is 1. The maximum Gasteiger partial charge on any atom is 0.347 e. The highest BCUT2D eigenvalue weighted by Crippen LogP contribution is 2.29. The second kappa shape index (κ2) is 8.51. The predicted octanol–water partition coefficient (Wildman–Crippen LogP) is 3.44. The zero-order valence-electron chi connectivity index (χ0n) is 18.6. The van der Waals surface area contributed by atoms with Crippen LogP contribution in [0.1, 0.15) is 31.9 Å². The molecule has 0 aliphatic carbocycles. The van der Waals surface area contributed by atoms with Crippen LogP contribution in [-0.2, 0) is 14.8 Å². The van der Waals surface area contributed by atoms with Gasteiger partial charge in [0.05, 0.1) is 4.90 Å². The van der Waals surface area contributed by atoms with Crippen LogP contribution >= 0.6 is 0 Å². The maximum absolute atomic E-state index is 13.3. The average Bonchev–Trinajstić information content (AvgIpc) is 2.69. The summed E-state index contributed by atoms with van der Waals surface area (Å²) in [5, 5.41) is 9.26. The van der Waals surface area contributed by atoms with Crippen LogP contribution in [0.4, 0.5) is 5.69 Å². The molecule has 7 nitrogen and oxygen atoms in total. The van der Waals surface area contributed by atoms with Gasteiger partial charge in [-0.25, -0.2) is 13.2 Å². The number of aliphatic carboxylic acids is 1. The molecule has 31 heavy (non-hydrogen) atoms. The van der Waals surface area contributed by atoms with Crippen LogP contribution < -0.4 is 9.64 Å². The second-order valence-corrected chi connectivity index (χ2v) is 10.5. The van der Waals surface area contributed by atoms with E-state index in [1.54, 1.807) is 13.0 Å². The number of nitrogens with zero attached hydrogens (tertiary/aromatic N) is 2. The van der Waals surface area contributed by atoms with Crippen molar-refractivity contribution in [2.45, 2.75) is 51.2 Å². The van der Waals surface area contributed by atoms with Crippen molar-refractivity contribution in [3.8, 4) is 5.75 Å². The molecule has 1 saturated heterocycles. The molecule has 2 aromatic carbocycles. The number of hydrogen-bond donors (Lipinski definition) is 1. The summed E-state index contributed by atoms with van der Waals surface area (Å²) in [6.45, 7) is 10.1. The predicted molar refractivity (Wildman–Crippen MR) is 120 cm³/mol. The highest BCUT2D eigenvalue weighted by atomic mass is 32.2. The molecule has 1 aliphatic heterocycles. The quantitative estimate of drug-likeness (QED) is 0.731. The summed E-state index contributed by atoms with van der Waals surface area (Å²) in [5.41, 5.74) is 1.43. The van der Waals surface area contributed by atoms with E-state index in [9.17, 15) is 18.3 Å². The van der Waals surface area contributed by atoms with Gasteiger partial charge < -0.3 is 14.7 Å². The highest BCUT2D eigenvalue weighted by Gasteiger charge is 2.34. The van der Waals surface area contributed by atoms with Gasteiger partial charge in [-0.2, -0.15) is 4.31 Å². The first kappa shape index (κ1) is 23.1. The zero-order chi connectivity index (χ0) is 23.0. The van der Waals surface area contributed by atoms with Gasteiger partial charge in [0.25, 0.3) is 0 Å². The molecule has 0 amide bonds. The summed E-state index contributed by atoms with van der Waals surface area (Å²) in [4.78, 5) is 13.7. The number of rotatable bonds is 6. The van der Waals surface area contributed by atoms with Gasteiger partial charge in [-0.05, 0) is 76.1 Å². The normalized spacial score (nSPS) is 18.1. The molecule has 1 aliphatic rings. The lowest BCUT2D eigenvalue weighted by atomic mass is 10.1. The van der Waals surface area contributed by atoms with E-state index in [1.807, 2.05) is 32.0 Å². The van der Waals surface area contributed by atoms with Crippen molar-refractivity contribution in [3.05, 3.63) is 53.6 Å². The Kier molecular flexibility index (Phi) is 6.34. The van der Waals surface area contributed by atoms with Gasteiger partial charge >= 0.3 is 5.97 Å². The smallest absolute Gasteiger partial charge is 0.347 e. The van der Waals surface area contributed by atoms with Gasteiger partial charge in [-0.1, -0.05) is 12.1 Å². The fourth-order valence-corrected chi connectivity index (χ4v) is 5.30. The van der Waals surface area contributed by atoms with E-state index in [-0.39, 0.29) is 10.9 Å². The molecule has 0 aromatic heterocycles. The lowest BCUT2D eigenvalue weighted by Gasteiger charge is -2.40. The molecule has 8 heteroatoms. The highest BCUT2D eigenvalue weighted by molar-refractivity contribution is 7.89. The van der Waals surface area contributed by atoms with E-state index in [0.29, 0.717) is 30.9 Å². The summed E-state index contributed by atoms with van der Waals surface area (Å²) in [5.74, 6) is -0.743. The van der Waals surface area contributed by atoms with Crippen LogP contribution in [0, 0.1) is 13.8 Å². The molecular weight excluding hydrogens is 416 g/mol. The number of benzene rings is 2. The van der Waals surface area contributed by atoms with Crippen molar-refractivity contribution in [3.63, 3.8) is 0 Å². The Morgan fingerprint density at radius 3 is 2.42 bits per heavy atom. The van der Waals surface area contributed by atoms with E-state index in [4.69, 9.17) is 4.74 Å². The molecule has 0 spiro atoms. The molecule has 2 aromatic rings. The Hall–Kier alpha value is -2.58. The monoisotopic (exact) mass is 446 g/mol. The molecule has 1 N–H and O–H groups in total.